The van der Waals surface area contributed by atoms with E-state index in [1.807, 2.05) is 13.8 Å². The van der Waals surface area contributed by atoms with Gasteiger partial charge in [0.2, 0.25) is 0 Å². The topological polar surface area (TPSA) is 37.3 Å². The predicted molar refractivity (Wildman–Crippen MR) is 47.8 cm³/mol. The highest BCUT2D eigenvalue weighted by molar-refractivity contribution is 5.76. The van der Waals surface area contributed by atoms with Gasteiger partial charge in [0.1, 0.15) is 0 Å². The van der Waals surface area contributed by atoms with Crippen molar-refractivity contribution >= 4 is 5.97 Å². The summed E-state index contributed by atoms with van der Waals surface area (Å²) in [5.41, 5.74) is 0.489. The van der Waals surface area contributed by atoms with Gasteiger partial charge < -0.3 is 5.11 Å². The van der Waals surface area contributed by atoms with Crippen LogP contribution in [-0.4, -0.2) is 11.1 Å². The molecule has 1 fully saturated rings. The van der Waals surface area contributed by atoms with E-state index < -0.39 is 11.4 Å². The molecule has 0 aromatic heterocycles. The van der Waals surface area contributed by atoms with Crippen molar-refractivity contribution < 1.29 is 9.90 Å². The molecule has 1 N–H and O–H groups in total. The van der Waals surface area contributed by atoms with Crippen molar-refractivity contribution in [3.63, 3.8) is 0 Å². The van der Waals surface area contributed by atoms with Gasteiger partial charge in [-0.25, -0.2) is 0 Å². The molecule has 2 heteroatoms. The first kappa shape index (κ1) is 9.30. The summed E-state index contributed by atoms with van der Waals surface area (Å²) >= 11 is 0. The van der Waals surface area contributed by atoms with Gasteiger partial charge in [0.25, 0.3) is 0 Å². The summed E-state index contributed by atoms with van der Waals surface area (Å²) in [7, 11) is 0. The highest BCUT2D eigenvalue weighted by atomic mass is 16.4. The Hall–Kier alpha value is -0.790. The van der Waals surface area contributed by atoms with Gasteiger partial charge in [-0.2, -0.15) is 0 Å². The normalized spacial score (nSPS) is 41.8. The lowest BCUT2D eigenvalue weighted by molar-refractivity contribution is -0.150. The van der Waals surface area contributed by atoms with Gasteiger partial charge in [0, 0.05) is 0 Å². The standard InChI is InChI=1S/C10H16O2/c1-6-5-10(4,9(11)12)8(3)7(6)2/h7-8H,1,5H2,2-4H3,(H,11,12)/t7?,8?,10-/m1/s1. The van der Waals surface area contributed by atoms with E-state index in [1.54, 1.807) is 0 Å². The summed E-state index contributed by atoms with van der Waals surface area (Å²) in [6.07, 6.45) is 0.630. The minimum absolute atomic E-state index is 0.197. The van der Waals surface area contributed by atoms with Crippen LogP contribution in [0.4, 0.5) is 0 Å². The number of rotatable bonds is 1. The van der Waals surface area contributed by atoms with Gasteiger partial charge in [-0.05, 0) is 25.2 Å². The Kier molecular flexibility index (Phi) is 2.02. The molecule has 0 aliphatic heterocycles. The molecule has 0 radical (unpaired) electrons. The van der Waals surface area contributed by atoms with Crippen LogP contribution in [0.15, 0.2) is 12.2 Å². The lowest BCUT2D eigenvalue weighted by Crippen LogP contribution is -2.31. The van der Waals surface area contributed by atoms with Gasteiger partial charge >= 0.3 is 5.97 Å². The zero-order valence-corrected chi connectivity index (χ0v) is 7.92. The van der Waals surface area contributed by atoms with Crippen molar-refractivity contribution in [1.82, 2.24) is 0 Å². The fourth-order valence-corrected chi connectivity index (χ4v) is 1.97. The van der Waals surface area contributed by atoms with E-state index in [9.17, 15) is 4.79 Å². The van der Waals surface area contributed by atoms with Crippen molar-refractivity contribution in [3.05, 3.63) is 12.2 Å². The van der Waals surface area contributed by atoms with Crippen LogP contribution in [0.1, 0.15) is 27.2 Å². The molecule has 68 valence electrons. The second-order valence-corrected chi connectivity index (χ2v) is 4.13. The average molecular weight is 168 g/mol. The average Bonchev–Trinajstić information content (AvgIpc) is 2.17. The van der Waals surface area contributed by atoms with Gasteiger partial charge in [0.15, 0.2) is 0 Å². The minimum atomic E-state index is -0.694. The zero-order chi connectivity index (χ0) is 9.52. The van der Waals surface area contributed by atoms with Crippen LogP contribution in [-0.2, 0) is 4.79 Å². The monoisotopic (exact) mass is 168 g/mol. The first-order chi connectivity index (χ1) is 5.39. The lowest BCUT2D eigenvalue weighted by atomic mass is 9.79. The molecule has 1 aliphatic carbocycles. The van der Waals surface area contributed by atoms with E-state index in [-0.39, 0.29) is 5.92 Å². The Labute approximate surface area is 73.3 Å². The molecule has 2 nitrogen and oxygen atoms in total. The summed E-state index contributed by atoms with van der Waals surface area (Å²) in [5, 5.41) is 9.04. The summed E-state index contributed by atoms with van der Waals surface area (Å²) in [6, 6.07) is 0. The number of hydrogen-bond acceptors (Lipinski definition) is 1. The van der Waals surface area contributed by atoms with Crippen molar-refractivity contribution in [3.8, 4) is 0 Å². The molecule has 0 saturated heterocycles. The van der Waals surface area contributed by atoms with E-state index in [0.717, 1.165) is 5.57 Å². The summed E-state index contributed by atoms with van der Waals surface area (Å²) in [5.74, 6) is -0.158. The van der Waals surface area contributed by atoms with E-state index in [4.69, 9.17) is 5.11 Å². The van der Waals surface area contributed by atoms with Crippen LogP contribution in [0.5, 0.6) is 0 Å². The Balaban J connectivity index is 2.97. The van der Waals surface area contributed by atoms with Crippen molar-refractivity contribution in [2.45, 2.75) is 27.2 Å². The molecular formula is C10H16O2. The fourth-order valence-electron chi connectivity index (χ4n) is 1.97. The van der Waals surface area contributed by atoms with Gasteiger partial charge in [-0.3, -0.25) is 4.79 Å². The molecule has 1 saturated carbocycles. The molecule has 0 aromatic rings. The van der Waals surface area contributed by atoms with Crippen molar-refractivity contribution in [1.29, 1.82) is 0 Å². The molecular weight excluding hydrogens is 152 g/mol. The van der Waals surface area contributed by atoms with Crippen LogP contribution >= 0.6 is 0 Å². The van der Waals surface area contributed by atoms with Crippen LogP contribution in [0.3, 0.4) is 0 Å². The Morgan fingerprint density at radius 2 is 2.17 bits per heavy atom. The zero-order valence-electron chi connectivity index (χ0n) is 7.92. The number of allylic oxidation sites excluding steroid dienone is 1. The number of carboxylic acid groups (broad SMARTS) is 1. The molecule has 0 amide bonds. The molecule has 0 bridgehead atoms. The number of carboxylic acids is 1. The minimum Gasteiger partial charge on any atom is -0.481 e. The number of hydrogen-bond donors (Lipinski definition) is 1. The Morgan fingerprint density at radius 3 is 2.33 bits per heavy atom. The smallest absolute Gasteiger partial charge is 0.309 e. The number of carbonyl (C=O) groups is 1. The van der Waals surface area contributed by atoms with Gasteiger partial charge in [-0.1, -0.05) is 26.0 Å². The van der Waals surface area contributed by atoms with E-state index in [1.165, 1.54) is 0 Å². The molecule has 3 atom stereocenters. The summed E-state index contributed by atoms with van der Waals surface area (Å²) in [4.78, 5) is 11.0. The van der Waals surface area contributed by atoms with Crippen molar-refractivity contribution in [2.75, 3.05) is 0 Å². The third kappa shape index (κ3) is 1.06. The highest BCUT2D eigenvalue weighted by Gasteiger charge is 2.47. The third-order valence-corrected chi connectivity index (χ3v) is 3.48. The SMILES string of the molecule is C=C1C[C@@](C)(C(=O)O)C(C)C1C. The molecule has 0 spiro atoms. The molecule has 1 rings (SSSR count). The third-order valence-electron chi connectivity index (χ3n) is 3.48. The Bertz CT molecular complexity index is 230. The maximum atomic E-state index is 11.0. The molecule has 2 unspecified atom stereocenters. The van der Waals surface area contributed by atoms with Gasteiger partial charge in [-0.15, -0.1) is 0 Å². The van der Waals surface area contributed by atoms with Crippen LogP contribution < -0.4 is 0 Å². The maximum absolute atomic E-state index is 11.0. The largest absolute Gasteiger partial charge is 0.481 e. The molecule has 0 aromatic carbocycles. The first-order valence-electron chi connectivity index (χ1n) is 4.30. The molecule has 0 heterocycles. The van der Waals surface area contributed by atoms with Crippen molar-refractivity contribution in [2.24, 2.45) is 17.3 Å². The van der Waals surface area contributed by atoms with Gasteiger partial charge in [0.05, 0.1) is 5.41 Å². The Morgan fingerprint density at radius 1 is 1.67 bits per heavy atom. The first-order valence-corrected chi connectivity index (χ1v) is 4.30. The van der Waals surface area contributed by atoms with Crippen LogP contribution in [0.25, 0.3) is 0 Å². The second kappa shape index (κ2) is 2.61. The van der Waals surface area contributed by atoms with Crippen LogP contribution in [0, 0.1) is 17.3 Å². The second-order valence-electron chi connectivity index (χ2n) is 4.13. The predicted octanol–water partition coefficient (Wildman–Crippen LogP) is 2.31. The lowest BCUT2D eigenvalue weighted by Gasteiger charge is -2.24. The molecule has 1 aliphatic rings. The molecule has 12 heavy (non-hydrogen) atoms. The van der Waals surface area contributed by atoms with Crippen LogP contribution in [0.2, 0.25) is 0 Å². The van der Waals surface area contributed by atoms with E-state index in [2.05, 4.69) is 13.5 Å². The quantitative estimate of drug-likeness (QED) is 0.610. The maximum Gasteiger partial charge on any atom is 0.309 e. The number of aliphatic carboxylic acids is 1. The summed E-state index contributed by atoms with van der Waals surface area (Å²) < 4.78 is 0. The highest BCUT2D eigenvalue weighted by Crippen LogP contribution is 2.48. The fraction of sp³-hybridized carbons (Fsp3) is 0.700. The van der Waals surface area contributed by atoms with E-state index >= 15 is 0 Å². The summed E-state index contributed by atoms with van der Waals surface area (Å²) in [6.45, 7) is 9.77. The van der Waals surface area contributed by atoms with E-state index in [0.29, 0.717) is 12.3 Å².